The predicted octanol–water partition coefficient (Wildman–Crippen LogP) is 0.000600. The summed E-state index contributed by atoms with van der Waals surface area (Å²) in [5.41, 5.74) is -0.380. The van der Waals surface area contributed by atoms with Crippen LogP contribution in [0, 0.1) is 0 Å². The van der Waals surface area contributed by atoms with Crippen LogP contribution in [0.1, 0.15) is 20.7 Å². The van der Waals surface area contributed by atoms with E-state index in [4.69, 9.17) is 20.4 Å². The molecule has 8 nitrogen and oxygen atoms in total. The van der Waals surface area contributed by atoms with Crippen LogP contribution in [0.3, 0.4) is 0 Å². The van der Waals surface area contributed by atoms with Gasteiger partial charge >= 0.3 is 17.9 Å². The Morgan fingerprint density at radius 3 is 1.55 bits per heavy atom. The first-order valence-electron chi connectivity index (χ1n) is 5.30. The van der Waals surface area contributed by atoms with Crippen molar-refractivity contribution in [1.82, 2.24) is 0 Å². The molecule has 20 heavy (non-hydrogen) atoms. The molecule has 0 aliphatic carbocycles. The number of methoxy groups -OCH3 is 2. The van der Waals surface area contributed by atoms with Crippen molar-refractivity contribution in [2.24, 2.45) is 0 Å². The van der Waals surface area contributed by atoms with Gasteiger partial charge in [0.1, 0.15) is 6.61 Å². The Bertz CT molecular complexity index is 411. The Morgan fingerprint density at radius 2 is 1.40 bits per heavy atom. The Morgan fingerprint density at radius 1 is 1.05 bits per heavy atom. The van der Waals surface area contributed by atoms with E-state index in [0.29, 0.717) is 0 Å². The van der Waals surface area contributed by atoms with Crippen molar-refractivity contribution in [2.75, 3.05) is 20.8 Å². The number of hydrogen-bond acceptors (Lipinski definition) is 6. The minimum atomic E-state index is -1.82. The van der Waals surface area contributed by atoms with Crippen LogP contribution in [0.25, 0.3) is 0 Å². The van der Waals surface area contributed by atoms with Crippen LogP contribution >= 0.6 is 0 Å². The molecule has 112 valence electrons. The molecule has 0 amide bonds. The molecule has 0 radical (unpaired) electrons. The summed E-state index contributed by atoms with van der Waals surface area (Å²) in [5, 5.41) is 34.1. The average molecular weight is 288 g/mol. The molecular weight excluding hydrogens is 272 g/mol. The number of aliphatic hydroxyl groups is 2. The highest BCUT2D eigenvalue weighted by Crippen LogP contribution is 2.07. The lowest BCUT2D eigenvalue weighted by molar-refractivity contribution is -0.352. The highest BCUT2D eigenvalue weighted by molar-refractivity contribution is 6.01. The molecule has 4 N–H and O–H groups in total. The summed E-state index contributed by atoms with van der Waals surface area (Å²) in [5.74, 6) is -4.28. The summed E-state index contributed by atoms with van der Waals surface area (Å²) in [6, 6.07) is 5.48. The van der Waals surface area contributed by atoms with Crippen molar-refractivity contribution in [1.29, 1.82) is 0 Å². The smallest absolute Gasteiger partial charge is 0.336 e. The first-order valence-corrected chi connectivity index (χ1v) is 5.30. The van der Waals surface area contributed by atoms with Gasteiger partial charge in [-0.05, 0) is 12.1 Å². The van der Waals surface area contributed by atoms with E-state index >= 15 is 0 Å². The molecule has 0 bridgehead atoms. The second kappa shape index (κ2) is 8.23. The van der Waals surface area contributed by atoms with Crippen molar-refractivity contribution in [3.05, 3.63) is 35.4 Å². The highest BCUT2D eigenvalue weighted by Gasteiger charge is 2.23. The second-order valence-electron chi connectivity index (χ2n) is 3.43. The normalized spacial score (nSPS) is 10.4. The Labute approximate surface area is 114 Å². The summed E-state index contributed by atoms with van der Waals surface area (Å²) < 4.78 is 8.64. The maximum Gasteiger partial charge on any atom is 0.336 e. The number of rotatable bonds is 5. The Kier molecular flexibility index (Phi) is 7.40. The summed E-state index contributed by atoms with van der Waals surface area (Å²) in [6.07, 6.45) is 0. The van der Waals surface area contributed by atoms with Crippen molar-refractivity contribution in [3.63, 3.8) is 0 Å². The zero-order chi connectivity index (χ0) is 15.8. The van der Waals surface area contributed by atoms with Gasteiger partial charge in [0.25, 0.3) is 0 Å². The molecule has 0 aliphatic rings. The fourth-order valence-electron chi connectivity index (χ4n) is 1.07. The Balaban J connectivity index is 0.000000396. The standard InChI is InChI=1S/C8H6O4.C4H10O4/c9-7(10)5-3-1-2-4-6(5)8(11)12;1-7-4(6,3-5)8-2/h1-4H,(H,9,10)(H,11,12);5-6H,3H2,1-2H3. The molecule has 1 aromatic rings. The van der Waals surface area contributed by atoms with Gasteiger partial charge in [-0.1, -0.05) is 12.1 Å². The third-order valence-electron chi connectivity index (χ3n) is 2.23. The number of carbonyl (C=O) groups is 2. The van der Waals surface area contributed by atoms with E-state index in [9.17, 15) is 9.59 Å². The number of aromatic carboxylic acids is 2. The molecule has 0 saturated carbocycles. The molecule has 1 aromatic carbocycles. The minimum Gasteiger partial charge on any atom is -0.478 e. The van der Waals surface area contributed by atoms with Crippen LogP contribution in [0.15, 0.2) is 24.3 Å². The average Bonchev–Trinajstić information content (AvgIpc) is 2.47. The van der Waals surface area contributed by atoms with Gasteiger partial charge in [0.15, 0.2) is 0 Å². The summed E-state index contributed by atoms with van der Waals surface area (Å²) >= 11 is 0. The van der Waals surface area contributed by atoms with Gasteiger partial charge < -0.3 is 29.9 Å². The van der Waals surface area contributed by atoms with E-state index in [-0.39, 0.29) is 11.1 Å². The molecule has 0 spiro atoms. The van der Waals surface area contributed by atoms with Crippen LogP contribution in [0.4, 0.5) is 0 Å². The first-order chi connectivity index (χ1) is 9.31. The molecule has 0 fully saturated rings. The van der Waals surface area contributed by atoms with E-state index in [2.05, 4.69) is 9.47 Å². The topological polar surface area (TPSA) is 134 Å². The van der Waals surface area contributed by atoms with E-state index in [1.165, 1.54) is 38.5 Å². The third kappa shape index (κ3) is 5.33. The number of hydrogen-bond donors (Lipinski definition) is 4. The molecule has 0 saturated heterocycles. The van der Waals surface area contributed by atoms with Gasteiger partial charge in [-0.15, -0.1) is 0 Å². The molecule has 0 aliphatic heterocycles. The maximum absolute atomic E-state index is 10.5. The van der Waals surface area contributed by atoms with E-state index in [1.807, 2.05) is 0 Å². The van der Waals surface area contributed by atoms with Gasteiger partial charge in [-0.3, -0.25) is 0 Å². The number of benzene rings is 1. The predicted molar refractivity (Wildman–Crippen MR) is 66.4 cm³/mol. The van der Waals surface area contributed by atoms with Crippen molar-refractivity contribution in [3.8, 4) is 0 Å². The lowest BCUT2D eigenvalue weighted by Crippen LogP contribution is -2.37. The van der Waals surface area contributed by atoms with Gasteiger partial charge in [-0.25, -0.2) is 9.59 Å². The zero-order valence-corrected chi connectivity index (χ0v) is 10.9. The second-order valence-corrected chi connectivity index (χ2v) is 3.43. The number of carboxylic acids is 2. The first kappa shape index (κ1) is 18.0. The van der Waals surface area contributed by atoms with Crippen molar-refractivity contribution in [2.45, 2.75) is 5.97 Å². The van der Waals surface area contributed by atoms with Crippen LogP contribution in [-0.2, 0) is 9.47 Å². The van der Waals surface area contributed by atoms with Crippen molar-refractivity contribution < 1.29 is 39.5 Å². The van der Waals surface area contributed by atoms with Crippen LogP contribution < -0.4 is 0 Å². The summed E-state index contributed by atoms with van der Waals surface area (Å²) in [7, 11) is 2.47. The van der Waals surface area contributed by atoms with E-state index in [0.717, 1.165) is 0 Å². The third-order valence-corrected chi connectivity index (χ3v) is 2.23. The maximum atomic E-state index is 10.5. The molecule has 8 heteroatoms. The number of aliphatic hydroxyl groups excluding tert-OH is 1. The quantitative estimate of drug-likeness (QED) is 0.556. The van der Waals surface area contributed by atoms with Crippen LogP contribution in [-0.4, -0.2) is 59.2 Å². The Hall–Kier alpha value is -2.00. The van der Waals surface area contributed by atoms with Crippen LogP contribution in [0.5, 0.6) is 0 Å². The van der Waals surface area contributed by atoms with Gasteiger partial charge in [0.05, 0.1) is 11.1 Å². The SMILES string of the molecule is COC(O)(CO)OC.O=C(O)c1ccccc1C(=O)O. The lowest BCUT2D eigenvalue weighted by Gasteiger charge is -2.20. The number of carboxylic acid groups (broad SMARTS) is 2. The largest absolute Gasteiger partial charge is 0.478 e. The van der Waals surface area contributed by atoms with Crippen LogP contribution in [0.2, 0.25) is 0 Å². The molecule has 0 heterocycles. The molecule has 1 rings (SSSR count). The highest BCUT2D eigenvalue weighted by atomic mass is 16.8. The molecule has 0 atom stereocenters. The van der Waals surface area contributed by atoms with Crippen molar-refractivity contribution >= 4 is 11.9 Å². The van der Waals surface area contributed by atoms with E-state index in [1.54, 1.807) is 0 Å². The fourth-order valence-corrected chi connectivity index (χ4v) is 1.07. The summed E-state index contributed by atoms with van der Waals surface area (Å²) in [4.78, 5) is 20.9. The van der Waals surface area contributed by atoms with Gasteiger partial charge in [-0.2, -0.15) is 0 Å². The molecule has 0 unspecified atom stereocenters. The lowest BCUT2D eigenvalue weighted by atomic mass is 10.1. The molecular formula is C12H16O8. The monoisotopic (exact) mass is 288 g/mol. The minimum absolute atomic E-state index is 0.190. The fraction of sp³-hybridized carbons (Fsp3) is 0.333. The van der Waals surface area contributed by atoms with Gasteiger partial charge in [0.2, 0.25) is 0 Å². The zero-order valence-electron chi connectivity index (χ0n) is 10.9. The number of ether oxygens (including phenoxy) is 2. The van der Waals surface area contributed by atoms with E-state index < -0.39 is 24.5 Å². The molecule has 0 aromatic heterocycles. The van der Waals surface area contributed by atoms with Gasteiger partial charge in [0, 0.05) is 14.2 Å². The summed E-state index contributed by atoms with van der Waals surface area (Å²) in [6.45, 7) is -0.569.